The van der Waals surface area contributed by atoms with Crippen LogP contribution in [0.5, 0.6) is 0 Å². The van der Waals surface area contributed by atoms with Crippen LogP contribution in [-0.4, -0.2) is 29.3 Å². The highest BCUT2D eigenvalue weighted by Gasteiger charge is 2.19. The predicted molar refractivity (Wildman–Crippen MR) is 51.0 cm³/mol. The molecule has 14 heavy (non-hydrogen) atoms. The molecule has 0 saturated carbocycles. The Morgan fingerprint density at radius 3 is 2.50 bits per heavy atom. The number of ether oxygens (including phenoxy) is 1. The summed E-state index contributed by atoms with van der Waals surface area (Å²) in [7, 11) is 0. The molecule has 0 aliphatic rings. The topological polar surface area (TPSA) is 75.6 Å². The van der Waals surface area contributed by atoms with Crippen molar-refractivity contribution in [2.45, 2.75) is 32.4 Å². The average Bonchev–Trinajstić information content (AvgIpc) is 2.01. The molecule has 0 aromatic rings. The van der Waals surface area contributed by atoms with Gasteiger partial charge in [-0.3, -0.25) is 0 Å². The maximum Gasteiger partial charge on any atom is 0.408 e. The number of hydrogen-bond donors (Lipinski definition) is 2. The molecule has 80 valence electrons. The first-order valence-corrected chi connectivity index (χ1v) is 4.28. The summed E-state index contributed by atoms with van der Waals surface area (Å²) in [6.07, 6.45) is 0.596. The van der Waals surface area contributed by atoms with Crippen LogP contribution < -0.4 is 5.32 Å². The monoisotopic (exact) mass is 201 g/mol. The van der Waals surface area contributed by atoms with Crippen molar-refractivity contribution in [3.8, 4) is 0 Å². The highest BCUT2D eigenvalue weighted by molar-refractivity contribution is 5.80. The van der Waals surface area contributed by atoms with Crippen LogP contribution in [0.1, 0.15) is 20.3 Å². The molecule has 0 spiro atoms. The molecule has 0 fully saturated rings. The van der Waals surface area contributed by atoms with Crippen LogP contribution in [-0.2, 0) is 9.53 Å². The zero-order valence-electron chi connectivity index (χ0n) is 8.32. The number of alkyl carbamates (subject to hydrolysis) is 1. The van der Waals surface area contributed by atoms with Crippen molar-refractivity contribution in [3.05, 3.63) is 12.7 Å². The van der Waals surface area contributed by atoms with E-state index in [2.05, 4.69) is 11.9 Å². The van der Waals surface area contributed by atoms with Crippen LogP contribution in [0.3, 0.4) is 0 Å². The van der Waals surface area contributed by atoms with E-state index >= 15 is 0 Å². The zero-order chi connectivity index (χ0) is 11.1. The van der Waals surface area contributed by atoms with Crippen LogP contribution in [0.2, 0.25) is 0 Å². The molecule has 0 aromatic heterocycles. The fourth-order valence-electron chi connectivity index (χ4n) is 0.779. The lowest BCUT2D eigenvalue weighted by Crippen LogP contribution is -2.41. The normalized spacial score (nSPS) is 11.9. The molecule has 1 unspecified atom stereocenters. The minimum Gasteiger partial charge on any atom is -0.480 e. The van der Waals surface area contributed by atoms with E-state index in [1.54, 1.807) is 13.8 Å². The van der Waals surface area contributed by atoms with Crippen LogP contribution >= 0.6 is 0 Å². The first-order chi connectivity index (χ1) is 6.47. The van der Waals surface area contributed by atoms with Crippen molar-refractivity contribution in [2.75, 3.05) is 0 Å². The van der Waals surface area contributed by atoms with Gasteiger partial charge in [-0.1, -0.05) is 6.08 Å². The van der Waals surface area contributed by atoms with Gasteiger partial charge in [0.05, 0.1) is 6.10 Å². The summed E-state index contributed by atoms with van der Waals surface area (Å²) in [5.74, 6) is -1.11. The molecule has 0 heterocycles. The molecule has 1 amide bonds. The molecule has 2 N–H and O–H groups in total. The van der Waals surface area contributed by atoms with Crippen LogP contribution in [0.15, 0.2) is 12.7 Å². The van der Waals surface area contributed by atoms with Crippen LogP contribution in [0.4, 0.5) is 4.79 Å². The molecule has 0 saturated heterocycles. The van der Waals surface area contributed by atoms with Gasteiger partial charge in [-0.05, 0) is 20.3 Å². The summed E-state index contributed by atoms with van der Waals surface area (Å²) in [5, 5.41) is 10.9. The lowest BCUT2D eigenvalue weighted by Gasteiger charge is -2.14. The Morgan fingerprint density at radius 1 is 1.57 bits per heavy atom. The van der Waals surface area contributed by atoms with E-state index in [0.717, 1.165) is 0 Å². The number of nitrogens with one attached hydrogen (secondary N) is 1. The number of carbonyl (C=O) groups is 2. The summed E-state index contributed by atoms with van der Waals surface area (Å²) in [4.78, 5) is 21.6. The quantitative estimate of drug-likeness (QED) is 0.654. The molecule has 0 aromatic carbocycles. The van der Waals surface area contributed by atoms with Crippen molar-refractivity contribution in [3.63, 3.8) is 0 Å². The highest BCUT2D eigenvalue weighted by atomic mass is 16.6. The SMILES string of the molecule is C=CCC(NC(=O)OC(C)C)C(=O)O. The third-order valence-electron chi connectivity index (χ3n) is 1.34. The molecule has 0 aliphatic heterocycles. The Bertz CT molecular complexity index is 225. The molecule has 5 heteroatoms. The first-order valence-electron chi connectivity index (χ1n) is 4.28. The second kappa shape index (κ2) is 6.01. The van der Waals surface area contributed by atoms with E-state index in [-0.39, 0.29) is 12.5 Å². The summed E-state index contributed by atoms with van der Waals surface area (Å²) >= 11 is 0. The Hall–Kier alpha value is -1.52. The van der Waals surface area contributed by atoms with Gasteiger partial charge in [-0.15, -0.1) is 6.58 Å². The number of amides is 1. The molecule has 0 aliphatic carbocycles. The van der Waals surface area contributed by atoms with Crippen molar-refractivity contribution >= 4 is 12.1 Å². The van der Waals surface area contributed by atoms with Gasteiger partial charge in [0.2, 0.25) is 0 Å². The van der Waals surface area contributed by atoms with E-state index in [1.165, 1.54) is 6.08 Å². The Kier molecular flexibility index (Phi) is 5.36. The van der Waals surface area contributed by atoms with Crippen molar-refractivity contribution in [1.29, 1.82) is 0 Å². The van der Waals surface area contributed by atoms with E-state index in [4.69, 9.17) is 9.84 Å². The number of carboxylic acid groups (broad SMARTS) is 1. The Labute approximate surface area is 82.7 Å². The van der Waals surface area contributed by atoms with Gasteiger partial charge in [0.25, 0.3) is 0 Å². The second-order valence-corrected chi connectivity index (χ2v) is 3.01. The molecule has 1 atom stereocenters. The van der Waals surface area contributed by atoms with Crippen molar-refractivity contribution < 1.29 is 19.4 Å². The number of carboxylic acids is 1. The van der Waals surface area contributed by atoms with E-state index < -0.39 is 18.1 Å². The van der Waals surface area contributed by atoms with Crippen molar-refractivity contribution in [2.24, 2.45) is 0 Å². The summed E-state index contributed by atoms with van der Waals surface area (Å²) < 4.78 is 4.73. The van der Waals surface area contributed by atoms with Gasteiger partial charge in [0, 0.05) is 0 Å². The number of carbonyl (C=O) groups excluding carboxylic acids is 1. The van der Waals surface area contributed by atoms with Gasteiger partial charge < -0.3 is 15.2 Å². The van der Waals surface area contributed by atoms with Crippen LogP contribution in [0, 0.1) is 0 Å². The lowest BCUT2D eigenvalue weighted by atomic mass is 10.2. The Balaban J connectivity index is 4.09. The molecule has 0 radical (unpaired) electrons. The van der Waals surface area contributed by atoms with E-state index in [0.29, 0.717) is 0 Å². The summed E-state index contributed by atoms with van der Waals surface area (Å²) in [6.45, 7) is 6.76. The molecular formula is C9H15NO4. The minimum absolute atomic E-state index is 0.169. The number of rotatable bonds is 5. The second-order valence-electron chi connectivity index (χ2n) is 3.01. The van der Waals surface area contributed by atoms with Gasteiger partial charge >= 0.3 is 12.1 Å². The largest absolute Gasteiger partial charge is 0.480 e. The molecule has 0 bridgehead atoms. The molecular weight excluding hydrogens is 186 g/mol. The van der Waals surface area contributed by atoms with Crippen LogP contribution in [0.25, 0.3) is 0 Å². The van der Waals surface area contributed by atoms with Crippen molar-refractivity contribution in [1.82, 2.24) is 5.32 Å². The fourth-order valence-corrected chi connectivity index (χ4v) is 0.779. The fraction of sp³-hybridized carbons (Fsp3) is 0.556. The van der Waals surface area contributed by atoms with E-state index in [9.17, 15) is 9.59 Å². The third kappa shape index (κ3) is 5.18. The molecule has 5 nitrogen and oxygen atoms in total. The molecule has 0 rings (SSSR count). The number of hydrogen-bond acceptors (Lipinski definition) is 3. The summed E-state index contributed by atoms with van der Waals surface area (Å²) in [6, 6.07) is -0.973. The zero-order valence-corrected chi connectivity index (χ0v) is 8.32. The smallest absolute Gasteiger partial charge is 0.408 e. The number of aliphatic carboxylic acids is 1. The van der Waals surface area contributed by atoms with Gasteiger partial charge in [-0.25, -0.2) is 9.59 Å². The highest BCUT2D eigenvalue weighted by Crippen LogP contribution is 1.96. The maximum absolute atomic E-state index is 11.0. The lowest BCUT2D eigenvalue weighted by molar-refractivity contribution is -0.139. The standard InChI is InChI=1S/C9H15NO4/c1-4-5-7(8(11)12)10-9(13)14-6(2)3/h4,6-7H,1,5H2,2-3H3,(H,10,13)(H,11,12). The average molecular weight is 201 g/mol. The van der Waals surface area contributed by atoms with Gasteiger partial charge in [0.15, 0.2) is 0 Å². The minimum atomic E-state index is -1.11. The third-order valence-corrected chi connectivity index (χ3v) is 1.34. The predicted octanol–water partition coefficient (Wildman–Crippen LogP) is 1.15. The first kappa shape index (κ1) is 12.5. The Morgan fingerprint density at radius 2 is 2.14 bits per heavy atom. The maximum atomic E-state index is 11.0. The van der Waals surface area contributed by atoms with E-state index in [1.807, 2.05) is 0 Å². The van der Waals surface area contributed by atoms with Gasteiger partial charge in [-0.2, -0.15) is 0 Å². The van der Waals surface area contributed by atoms with Gasteiger partial charge in [0.1, 0.15) is 6.04 Å². The summed E-state index contributed by atoms with van der Waals surface area (Å²) in [5.41, 5.74) is 0.